The van der Waals surface area contributed by atoms with Gasteiger partial charge in [0.2, 0.25) is 0 Å². The van der Waals surface area contributed by atoms with Crippen LogP contribution in [0.1, 0.15) is 46.2 Å². The lowest BCUT2D eigenvalue weighted by Gasteiger charge is -2.23. The second kappa shape index (κ2) is 11.9. The van der Waals surface area contributed by atoms with Crippen LogP contribution in [0.15, 0.2) is 66.7 Å². The monoisotopic (exact) mass is 524 g/mol. The van der Waals surface area contributed by atoms with Gasteiger partial charge in [0.15, 0.2) is 0 Å². The lowest BCUT2D eigenvalue weighted by Crippen LogP contribution is -2.06. The van der Waals surface area contributed by atoms with E-state index in [2.05, 4.69) is 31.2 Å². The summed E-state index contributed by atoms with van der Waals surface area (Å²) >= 11 is 0. The van der Waals surface area contributed by atoms with Crippen LogP contribution in [-0.4, -0.2) is 23.4 Å². The van der Waals surface area contributed by atoms with Crippen LogP contribution in [0, 0.1) is 20.8 Å². The summed E-state index contributed by atoms with van der Waals surface area (Å²) in [5.74, 6) is 2.08. The van der Waals surface area contributed by atoms with E-state index < -0.39 is 0 Å². The molecule has 5 heteroatoms. The number of ether oxygens (including phenoxy) is 3. The number of aliphatic hydroxyl groups excluding tert-OH is 2. The van der Waals surface area contributed by atoms with E-state index >= 15 is 0 Å². The first kappa shape index (κ1) is 26.8. The Bertz CT molecular complexity index is 1370. The molecule has 0 atom stereocenters. The number of aryl methyl sites for hydroxylation is 3. The highest BCUT2D eigenvalue weighted by Gasteiger charge is 2.24. The molecule has 1 aliphatic heterocycles. The lowest BCUT2D eigenvalue weighted by atomic mass is 9.90. The van der Waals surface area contributed by atoms with Crippen LogP contribution in [0.25, 0.3) is 22.3 Å². The van der Waals surface area contributed by atoms with Gasteiger partial charge >= 0.3 is 0 Å². The van der Waals surface area contributed by atoms with Crippen LogP contribution in [0.3, 0.4) is 0 Å². The molecule has 1 heterocycles. The van der Waals surface area contributed by atoms with E-state index in [1.54, 1.807) is 0 Å². The van der Waals surface area contributed by atoms with Crippen molar-refractivity contribution in [1.82, 2.24) is 0 Å². The normalized spacial score (nSPS) is 13.1. The standard InChI is InChI=1S/C34H36O5/c1-22-13-26(19-35)32-28(15-22)30-17-24(3)18-31(34(30)39-21-25-9-5-4-6-10-25)29-16-23(2)14-27(20-36)33(29)38-12-8-7-11-37-32/h4-6,9-10,13-18,35-36H,7-8,11-12,19-21H2,1-3H3. The van der Waals surface area contributed by atoms with Gasteiger partial charge in [-0.3, -0.25) is 0 Å². The van der Waals surface area contributed by atoms with E-state index in [0.717, 1.165) is 68.5 Å². The van der Waals surface area contributed by atoms with Crippen molar-refractivity contribution in [3.8, 4) is 39.5 Å². The van der Waals surface area contributed by atoms with Crippen molar-refractivity contribution in [2.75, 3.05) is 13.2 Å². The Kier molecular flexibility index (Phi) is 8.20. The van der Waals surface area contributed by atoms with Gasteiger partial charge in [-0.1, -0.05) is 42.5 Å². The second-order valence-electron chi connectivity index (χ2n) is 10.3. The Morgan fingerprint density at radius 1 is 0.641 bits per heavy atom. The van der Waals surface area contributed by atoms with Crippen LogP contribution in [0.4, 0.5) is 0 Å². The predicted molar refractivity (Wildman–Crippen MR) is 154 cm³/mol. The van der Waals surface area contributed by atoms with Gasteiger partial charge in [0.25, 0.3) is 0 Å². The molecule has 2 N–H and O–H groups in total. The van der Waals surface area contributed by atoms with Crippen molar-refractivity contribution in [1.29, 1.82) is 0 Å². The Morgan fingerprint density at radius 2 is 1.10 bits per heavy atom. The van der Waals surface area contributed by atoms with Crippen LogP contribution >= 0.6 is 0 Å². The lowest BCUT2D eigenvalue weighted by molar-refractivity contribution is 0.243. The van der Waals surface area contributed by atoms with E-state index in [1.165, 1.54) is 0 Å². The molecule has 4 aromatic rings. The molecule has 5 nitrogen and oxygen atoms in total. The number of hydrogen-bond acceptors (Lipinski definition) is 5. The zero-order chi connectivity index (χ0) is 27.4. The van der Waals surface area contributed by atoms with Gasteiger partial charge in [-0.2, -0.15) is 0 Å². The molecular weight excluding hydrogens is 488 g/mol. The Labute approximate surface area is 230 Å². The van der Waals surface area contributed by atoms with Gasteiger partial charge in [-0.15, -0.1) is 0 Å². The first-order valence-corrected chi connectivity index (χ1v) is 13.5. The van der Waals surface area contributed by atoms with Crippen LogP contribution in [0.2, 0.25) is 0 Å². The van der Waals surface area contributed by atoms with Gasteiger partial charge in [-0.05, 0) is 80.1 Å². The van der Waals surface area contributed by atoms with E-state index in [0.29, 0.717) is 37.1 Å². The van der Waals surface area contributed by atoms with Gasteiger partial charge in [0, 0.05) is 33.4 Å². The minimum absolute atomic E-state index is 0.117. The highest BCUT2D eigenvalue weighted by molar-refractivity contribution is 5.88. The quantitative estimate of drug-likeness (QED) is 0.293. The molecule has 0 aromatic heterocycles. The molecule has 0 aliphatic carbocycles. The van der Waals surface area contributed by atoms with Gasteiger partial charge < -0.3 is 24.4 Å². The minimum atomic E-state index is -0.117. The highest BCUT2D eigenvalue weighted by Crippen LogP contribution is 2.48. The Balaban J connectivity index is 1.83. The molecule has 0 radical (unpaired) electrons. The maximum absolute atomic E-state index is 10.3. The van der Waals surface area contributed by atoms with Crippen molar-refractivity contribution < 1.29 is 24.4 Å². The Morgan fingerprint density at radius 3 is 1.59 bits per heavy atom. The van der Waals surface area contributed by atoms with Gasteiger partial charge in [0.05, 0.1) is 26.4 Å². The van der Waals surface area contributed by atoms with Crippen molar-refractivity contribution in [2.45, 2.75) is 53.4 Å². The molecule has 0 unspecified atom stereocenters. The zero-order valence-corrected chi connectivity index (χ0v) is 22.9. The van der Waals surface area contributed by atoms with E-state index in [-0.39, 0.29) is 13.2 Å². The third-order valence-electron chi connectivity index (χ3n) is 7.03. The van der Waals surface area contributed by atoms with Gasteiger partial charge in [0.1, 0.15) is 23.9 Å². The molecular formula is C34H36O5. The summed E-state index contributed by atoms with van der Waals surface area (Å²) in [5, 5.41) is 20.5. The number of rotatable bonds is 5. The molecule has 39 heavy (non-hydrogen) atoms. The predicted octanol–water partition coefficient (Wildman–Crippen LogP) is 7.06. The van der Waals surface area contributed by atoms with E-state index in [1.807, 2.05) is 56.3 Å². The molecule has 0 spiro atoms. The second-order valence-corrected chi connectivity index (χ2v) is 10.3. The molecule has 0 amide bonds. The van der Waals surface area contributed by atoms with Crippen molar-refractivity contribution >= 4 is 0 Å². The van der Waals surface area contributed by atoms with Crippen molar-refractivity contribution in [2.24, 2.45) is 0 Å². The third-order valence-corrected chi connectivity index (χ3v) is 7.03. The zero-order valence-electron chi connectivity index (χ0n) is 22.9. The fourth-order valence-corrected chi connectivity index (χ4v) is 5.28. The summed E-state index contributed by atoms with van der Waals surface area (Å²) in [7, 11) is 0. The smallest absolute Gasteiger partial charge is 0.135 e. The number of benzene rings is 4. The summed E-state index contributed by atoms with van der Waals surface area (Å²) < 4.78 is 19.4. The van der Waals surface area contributed by atoms with E-state index in [9.17, 15) is 10.2 Å². The first-order valence-electron chi connectivity index (χ1n) is 13.5. The topological polar surface area (TPSA) is 68.2 Å². The SMILES string of the molecule is Cc1cc(CO)c2c(c1)-c1cc(C)cc(c1OCc1ccccc1)-c1cc(C)cc(CO)c1OCCCCO2. The van der Waals surface area contributed by atoms with Crippen LogP contribution < -0.4 is 14.2 Å². The molecule has 0 saturated carbocycles. The van der Waals surface area contributed by atoms with Crippen molar-refractivity contribution in [3.63, 3.8) is 0 Å². The molecule has 2 bridgehead atoms. The van der Waals surface area contributed by atoms with Gasteiger partial charge in [-0.25, -0.2) is 0 Å². The first-order chi connectivity index (χ1) is 19.0. The fraction of sp³-hybridized carbons (Fsp3) is 0.294. The maximum Gasteiger partial charge on any atom is 0.135 e. The average molecular weight is 525 g/mol. The number of fused-ring (bicyclic) bond motifs is 6. The van der Waals surface area contributed by atoms with Crippen LogP contribution in [-0.2, 0) is 19.8 Å². The summed E-state index contributed by atoms with van der Waals surface area (Å²) in [5.41, 5.74) is 9.26. The molecule has 4 aromatic carbocycles. The molecule has 0 saturated heterocycles. The number of hydrogen-bond donors (Lipinski definition) is 2. The third kappa shape index (κ3) is 5.80. The minimum Gasteiger partial charge on any atom is -0.493 e. The maximum atomic E-state index is 10.3. The molecule has 202 valence electrons. The van der Waals surface area contributed by atoms with E-state index in [4.69, 9.17) is 14.2 Å². The van der Waals surface area contributed by atoms with Crippen molar-refractivity contribution in [3.05, 3.63) is 100 Å². The average Bonchev–Trinajstić information content (AvgIpc) is 2.94. The molecule has 0 fully saturated rings. The van der Waals surface area contributed by atoms with Crippen LogP contribution in [0.5, 0.6) is 17.2 Å². The summed E-state index contributed by atoms with van der Waals surface area (Å²) in [4.78, 5) is 0. The summed E-state index contributed by atoms with van der Waals surface area (Å²) in [6.07, 6.45) is 1.59. The Hall–Kier alpha value is -3.80. The fourth-order valence-electron chi connectivity index (χ4n) is 5.28. The summed E-state index contributed by atoms with van der Waals surface area (Å²) in [6, 6.07) is 22.5. The summed E-state index contributed by atoms with van der Waals surface area (Å²) in [6.45, 7) is 7.27. The number of aliphatic hydroxyl groups is 2. The molecule has 5 rings (SSSR count). The highest BCUT2D eigenvalue weighted by atomic mass is 16.5. The largest absolute Gasteiger partial charge is 0.493 e. The molecule has 1 aliphatic rings.